The fourth-order valence-corrected chi connectivity index (χ4v) is 7.79. The number of hydrogen-bond donors (Lipinski definition) is 2. The summed E-state index contributed by atoms with van der Waals surface area (Å²) in [5.41, 5.74) is 10.3. The number of unbranched alkanes of at least 4 members (excludes halogenated alkanes) is 8. The second kappa shape index (κ2) is 29.2. The number of aryl methyl sites for hydroxylation is 2. The van der Waals surface area contributed by atoms with Crippen LogP contribution in [0.4, 0.5) is 0 Å². The number of carboxylic acids is 2. The first kappa shape index (κ1) is 53.1. The van der Waals surface area contributed by atoms with Crippen molar-refractivity contribution in [3.63, 3.8) is 0 Å². The molecule has 2 N–H and O–H groups in total. The van der Waals surface area contributed by atoms with E-state index in [0.29, 0.717) is 44.7 Å². The maximum absolute atomic E-state index is 12.6. The Morgan fingerprint density at radius 2 is 1.13 bits per heavy atom. The van der Waals surface area contributed by atoms with Crippen LogP contribution in [-0.2, 0) is 45.3 Å². The second-order valence-corrected chi connectivity index (χ2v) is 17.5. The Bertz CT molecular complexity index is 2340. The zero-order valence-electron chi connectivity index (χ0n) is 40.5. The van der Waals surface area contributed by atoms with Gasteiger partial charge in [-0.1, -0.05) is 162 Å². The molecule has 67 heavy (non-hydrogen) atoms. The maximum atomic E-state index is 12.6. The molecule has 0 unspecified atom stereocenters. The van der Waals surface area contributed by atoms with Crippen LogP contribution in [0.3, 0.4) is 0 Å². The molecule has 0 fully saturated rings. The van der Waals surface area contributed by atoms with E-state index in [9.17, 15) is 19.2 Å². The highest BCUT2D eigenvalue weighted by molar-refractivity contribution is 5.86. The van der Waals surface area contributed by atoms with Gasteiger partial charge in [0, 0.05) is 58.1 Å². The number of ether oxygens (including phenoxy) is 1. The molecule has 0 saturated carbocycles. The number of rotatable bonds is 26. The van der Waals surface area contributed by atoms with Crippen molar-refractivity contribution in [3.05, 3.63) is 155 Å². The molecule has 0 spiro atoms. The van der Waals surface area contributed by atoms with E-state index in [0.717, 1.165) is 81.8 Å². The first-order chi connectivity index (χ1) is 32.4. The maximum Gasteiger partial charge on any atom is 0.328 e. The molecule has 9 heteroatoms. The van der Waals surface area contributed by atoms with E-state index in [1.54, 1.807) is 11.0 Å². The molecule has 0 heterocycles. The van der Waals surface area contributed by atoms with E-state index in [4.69, 9.17) is 14.9 Å². The van der Waals surface area contributed by atoms with Gasteiger partial charge in [-0.25, -0.2) is 4.79 Å². The molecule has 356 valence electrons. The van der Waals surface area contributed by atoms with Crippen LogP contribution in [0.2, 0.25) is 0 Å². The van der Waals surface area contributed by atoms with Gasteiger partial charge >= 0.3 is 11.9 Å². The fourth-order valence-electron chi connectivity index (χ4n) is 7.79. The van der Waals surface area contributed by atoms with Crippen LogP contribution in [0.25, 0.3) is 28.3 Å². The molecule has 0 aliphatic heterocycles. The van der Waals surface area contributed by atoms with Crippen LogP contribution in [-0.4, -0.2) is 57.9 Å². The van der Waals surface area contributed by atoms with Gasteiger partial charge in [0.15, 0.2) is 0 Å². The van der Waals surface area contributed by atoms with Gasteiger partial charge in [0.05, 0.1) is 0 Å². The van der Waals surface area contributed by atoms with Gasteiger partial charge in [0.1, 0.15) is 12.4 Å². The summed E-state index contributed by atoms with van der Waals surface area (Å²) in [5.74, 6) is -0.727. The highest BCUT2D eigenvalue weighted by Crippen LogP contribution is 2.33. The molecule has 9 nitrogen and oxygen atoms in total. The summed E-state index contributed by atoms with van der Waals surface area (Å²) < 4.78 is 6.21. The number of carboxylic acid groups (broad SMARTS) is 2. The zero-order valence-corrected chi connectivity index (χ0v) is 40.5. The Morgan fingerprint density at radius 1 is 0.552 bits per heavy atom. The Hall–Kier alpha value is -6.48. The third-order valence-corrected chi connectivity index (χ3v) is 11.8. The standard InChI is InChI=1S/C32H37NO4.C26H35NO3/c1-3-4-5-6-10-16-31(34)33(2)23-27-14-11-15-28(21-27)29-19-17-25(18-20-32(35)36)22-30(29)37-24-26-12-8-7-9-13-26;1-4-5-6-7-8-9-25(28)27(3)19-22-11-10-20(2)24(18-22)23-15-12-21(13-16-23)14-17-26(29)30/h7-9,11-15,17-22H,3-6,10,16,23-24H2,1-2H3,(H,35,36);10-13,15-16,18H,4-9,14,17,19H2,1-3H3,(H,29,30)/b20-18+;. The summed E-state index contributed by atoms with van der Waals surface area (Å²) in [4.78, 5) is 50.4. The van der Waals surface area contributed by atoms with Gasteiger partial charge in [-0.05, 0) is 101 Å². The van der Waals surface area contributed by atoms with Crippen molar-refractivity contribution in [2.45, 2.75) is 130 Å². The Morgan fingerprint density at radius 3 is 1.73 bits per heavy atom. The van der Waals surface area contributed by atoms with Gasteiger partial charge in [-0.2, -0.15) is 0 Å². The van der Waals surface area contributed by atoms with E-state index in [1.165, 1.54) is 44.1 Å². The largest absolute Gasteiger partial charge is 0.488 e. The smallest absolute Gasteiger partial charge is 0.328 e. The molecule has 0 atom stereocenters. The molecule has 5 aromatic rings. The van der Waals surface area contributed by atoms with Gasteiger partial charge in [-0.15, -0.1) is 0 Å². The normalized spacial score (nSPS) is 10.9. The summed E-state index contributed by atoms with van der Waals surface area (Å²) in [7, 11) is 3.74. The van der Waals surface area contributed by atoms with Crippen LogP contribution in [0.15, 0.2) is 121 Å². The summed E-state index contributed by atoms with van der Waals surface area (Å²) in [6.45, 7) is 8.02. The van der Waals surface area contributed by atoms with E-state index in [1.807, 2.05) is 97.9 Å². The molecule has 2 amide bonds. The average Bonchev–Trinajstić information content (AvgIpc) is 3.33. The first-order valence-corrected chi connectivity index (χ1v) is 24.1. The van der Waals surface area contributed by atoms with Gasteiger partial charge in [0.25, 0.3) is 0 Å². The van der Waals surface area contributed by atoms with Gasteiger partial charge in [-0.3, -0.25) is 14.4 Å². The average molecular weight is 909 g/mol. The Balaban J connectivity index is 0.000000299. The lowest BCUT2D eigenvalue weighted by Crippen LogP contribution is -2.25. The van der Waals surface area contributed by atoms with Crippen molar-refractivity contribution in [1.82, 2.24) is 9.80 Å². The van der Waals surface area contributed by atoms with Crippen molar-refractivity contribution in [3.8, 4) is 28.0 Å². The predicted octanol–water partition coefficient (Wildman–Crippen LogP) is 13.3. The van der Waals surface area contributed by atoms with E-state index in [2.05, 4.69) is 57.2 Å². The molecule has 0 aliphatic rings. The minimum absolute atomic E-state index is 0.146. The van der Waals surface area contributed by atoms with Crippen molar-refractivity contribution < 1.29 is 34.1 Å². The Labute approximate surface area is 399 Å². The molecule has 0 aromatic heterocycles. The number of carbonyl (C=O) groups is 4. The topological polar surface area (TPSA) is 124 Å². The zero-order chi connectivity index (χ0) is 48.4. The predicted molar refractivity (Wildman–Crippen MR) is 272 cm³/mol. The van der Waals surface area contributed by atoms with Gasteiger partial charge < -0.3 is 24.7 Å². The van der Waals surface area contributed by atoms with Crippen molar-refractivity contribution >= 4 is 29.8 Å². The molecule has 5 rings (SSSR count). The lowest BCUT2D eigenvalue weighted by Gasteiger charge is -2.18. The SMILES string of the molecule is CCCCCCCC(=O)N(C)Cc1ccc(C)c(-c2ccc(CCC(=O)O)cc2)c1.CCCCCCCC(=O)N(C)Cc1cccc(-c2ccc(/C=C/C(=O)O)cc2OCc2ccccc2)c1. The molecular weight excluding hydrogens is 837 g/mol. The summed E-state index contributed by atoms with van der Waals surface area (Å²) >= 11 is 0. The summed E-state index contributed by atoms with van der Waals surface area (Å²) in [5, 5.41) is 17.8. The van der Waals surface area contributed by atoms with E-state index >= 15 is 0 Å². The summed E-state index contributed by atoms with van der Waals surface area (Å²) in [6, 6.07) is 38.2. The Kier molecular flexibility index (Phi) is 23.2. The summed E-state index contributed by atoms with van der Waals surface area (Å²) in [6.07, 6.45) is 16.0. The molecule has 0 saturated heterocycles. The molecular formula is C58H72N2O7. The lowest BCUT2D eigenvalue weighted by atomic mass is 9.96. The second-order valence-electron chi connectivity index (χ2n) is 17.5. The number of amides is 2. The highest BCUT2D eigenvalue weighted by Gasteiger charge is 2.14. The van der Waals surface area contributed by atoms with Crippen LogP contribution in [0, 0.1) is 6.92 Å². The molecule has 0 aliphatic carbocycles. The highest BCUT2D eigenvalue weighted by atomic mass is 16.5. The number of carbonyl (C=O) groups excluding carboxylic acids is 2. The van der Waals surface area contributed by atoms with Crippen LogP contribution in [0.5, 0.6) is 5.75 Å². The number of hydrogen-bond acceptors (Lipinski definition) is 5. The minimum Gasteiger partial charge on any atom is -0.488 e. The lowest BCUT2D eigenvalue weighted by molar-refractivity contribution is -0.137. The minimum atomic E-state index is -0.997. The fraction of sp³-hybridized carbons (Fsp3) is 0.379. The number of nitrogens with zero attached hydrogens (tertiary/aromatic N) is 2. The van der Waals surface area contributed by atoms with Crippen molar-refractivity contribution in [1.29, 1.82) is 0 Å². The number of benzene rings is 5. The van der Waals surface area contributed by atoms with Crippen molar-refractivity contribution in [2.24, 2.45) is 0 Å². The first-order valence-electron chi connectivity index (χ1n) is 24.1. The third kappa shape index (κ3) is 19.5. The molecule has 5 aromatic carbocycles. The quantitative estimate of drug-likeness (QED) is 0.0418. The monoisotopic (exact) mass is 909 g/mol. The molecule has 0 radical (unpaired) electrons. The third-order valence-electron chi connectivity index (χ3n) is 11.8. The van der Waals surface area contributed by atoms with Crippen LogP contribution in [0.1, 0.15) is 131 Å². The van der Waals surface area contributed by atoms with Gasteiger partial charge in [0.2, 0.25) is 11.8 Å². The molecule has 0 bridgehead atoms. The van der Waals surface area contributed by atoms with Crippen molar-refractivity contribution in [2.75, 3.05) is 14.1 Å². The van der Waals surface area contributed by atoms with Crippen LogP contribution < -0.4 is 4.74 Å². The van der Waals surface area contributed by atoms with E-state index in [-0.39, 0.29) is 18.2 Å². The number of aliphatic carboxylic acids is 2. The van der Waals surface area contributed by atoms with E-state index < -0.39 is 11.9 Å². The van der Waals surface area contributed by atoms with Crippen LogP contribution >= 0.6 is 0 Å².